The van der Waals surface area contributed by atoms with E-state index in [4.69, 9.17) is 5.11 Å². The second-order valence-corrected chi connectivity index (χ2v) is 6.36. The van der Waals surface area contributed by atoms with E-state index in [1.54, 1.807) is 6.92 Å². The highest BCUT2D eigenvalue weighted by atomic mass is 16.4. The monoisotopic (exact) mass is 296 g/mol. The van der Waals surface area contributed by atoms with Gasteiger partial charge in [-0.1, -0.05) is 77.2 Å². The van der Waals surface area contributed by atoms with Crippen molar-refractivity contribution in [1.29, 1.82) is 0 Å². The lowest BCUT2D eigenvalue weighted by Crippen LogP contribution is -2.08. The fourth-order valence-electron chi connectivity index (χ4n) is 2.93. The summed E-state index contributed by atoms with van der Waals surface area (Å²) in [6.45, 7) is 8.19. The normalized spacial score (nSPS) is 13.9. The van der Waals surface area contributed by atoms with Crippen LogP contribution in [-0.2, 0) is 4.79 Å². The van der Waals surface area contributed by atoms with Crippen LogP contribution in [0.2, 0.25) is 0 Å². The summed E-state index contributed by atoms with van der Waals surface area (Å²) >= 11 is 0. The second-order valence-electron chi connectivity index (χ2n) is 6.36. The van der Waals surface area contributed by atoms with Gasteiger partial charge in [-0.25, -0.2) is 4.79 Å². The average molecular weight is 296 g/mol. The lowest BCUT2D eigenvalue weighted by Gasteiger charge is -2.18. The van der Waals surface area contributed by atoms with Crippen molar-refractivity contribution in [3.63, 3.8) is 0 Å². The predicted octanol–water partition coefficient (Wildman–Crippen LogP) is 6.35. The Balaban J connectivity index is 4.01. The third-order valence-electron chi connectivity index (χ3n) is 4.57. The lowest BCUT2D eigenvalue weighted by atomic mass is 9.87. The zero-order valence-electron chi connectivity index (χ0n) is 14.7. The van der Waals surface area contributed by atoms with Gasteiger partial charge in [0.15, 0.2) is 0 Å². The Bertz CT molecular complexity index is 305. The quantitative estimate of drug-likeness (QED) is 0.317. The van der Waals surface area contributed by atoms with E-state index in [1.165, 1.54) is 51.4 Å². The van der Waals surface area contributed by atoms with Gasteiger partial charge in [0.05, 0.1) is 0 Å². The molecule has 0 rings (SSSR count). The van der Waals surface area contributed by atoms with Crippen LogP contribution in [-0.4, -0.2) is 11.1 Å². The molecule has 2 nitrogen and oxygen atoms in total. The maximum Gasteiger partial charge on any atom is 0.331 e. The van der Waals surface area contributed by atoms with E-state index in [-0.39, 0.29) is 0 Å². The Morgan fingerprint density at radius 3 is 1.81 bits per heavy atom. The zero-order chi connectivity index (χ0) is 16.1. The van der Waals surface area contributed by atoms with E-state index in [0.29, 0.717) is 11.5 Å². The summed E-state index contributed by atoms with van der Waals surface area (Å²) in [5.74, 6) is -0.296. The fraction of sp³-hybridized carbons (Fsp3) is 0.842. The van der Waals surface area contributed by atoms with Crippen molar-refractivity contribution < 1.29 is 9.90 Å². The highest BCUT2D eigenvalue weighted by Gasteiger charge is 2.15. The number of carboxylic acid groups (broad SMARTS) is 1. The van der Waals surface area contributed by atoms with Crippen LogP contribution in [0.3, 0.4) is 0 Å². The van der Waals surface area contributed by atoms with Crippen LogP contribution in [0.5, 0.6) is 0 Å². The van der Waals surface area contributed by atoms with Crippen molar-refractivity contribution in [3.8, 4) is 0 Å². The molecule has 0 aromatic carbocycles. The number of aliphatic carboxylic acids is 1. The van der Waals surface area contributed by atoms with Gasteiger partial charge in [-0.3, -0.25) is 0 Å². The zero-order valence-corrected chi connectivity index (χ0v) is 14.7. The van der Waals surface area contributed by atoms with Gasteiger partial charge in [-0.05, 0) is 32.6 Å². The number of unbranched alkanes of at least 4 members (excludes halogenated alkanes) is 7. The summed E-state index contributed by atoms with van der Waals surface area (Å²) < 4.78 is 0. The van der Waals surface area contributed by atoms with E-state index in [1.807, 2.05) is 6.92 Å². The summed E-state index contributed by atoms with van der Waals surface area (Å²) in [5, 5.41) is 9.12. The van der Waals surface area contributed by atoms with E-state index < -0.39 is 5.97 Å². The Kier molecular flexibility index (Phi) is 12.4. The molecule has 0 bridgehead atoms. The Morgan fingerprint density at radius 1 is 0.810 bits per heavy atom. The molecule has 124 valence electrons. The first-order chi connectivity index (χ1) is 10.0. The fourth-order valence-corrected chi connectivity index (χ4v) is 2.93. The molecule has 0 aromatic heterocycles. The van der Waals surface area contributed by atoms with Gasteiger partial charge in [-0.15, -0.1) is 0 Å². The molecule has 0 fully saturated rings. The largest absolute Gasteiger partial charge is 0.478 e. The smallest absolute Gasteiger partial charge is 0.331 e. The molecule has 0 heterocycles. The van der Waals surface area contributed by atoms with Gasteiger partial charge in [0, 0.05) is 5.57 Å². The molecular formula is C19H36O2. The minimum Gasteiger partial charge on any atom is -0.478 e. The number of allylic oxidation sites excluding steroid dienone is 1. The lowest BCUT2D eigenvalue weighted by molar-refractivity contribution is -0.132. The van der Waals surface area contributed by atoms with Crippen LogP contribution in [0.25, 0.3) is 0 Å². The molecule has 2 heteroatoms. The number of hydrogen-bond donors (Lipinski definition) is 1. The highest BCUT2D eigenvalue weighted by molar-refractivity contribution is 5.86. The van der Waals surface area contributed by atoms with E-state index >= 15 is 0 Å². The maximum absolute atomic E-state index is 11.1. The number of carbonyl (C=O) groups is 1. The summed E-state index contributed by atoms with van der Waals surface area (Å²) in [5.41, 5.74) is 1.64. The van der Waals surface area contributed by atoms with Crippen molar-refractivity contribution in [2.24, 2.45) is 5.92 Å². The summed E-state index contributed by atoms with van der Waals surface area (Å²) in [6.07, 6.45) is 14.1. The van der Waals surface area contributed by atoms with E-state index in [2.05, 4.69) is 13.8 Å². The number of rotatable bonds is 13. The van der Waals surface area contributed by atoms with Gasteiger partial charge in [0.1, 0.15) is 0 Å². The average Bonchev–Trinajstić information content (AvgIpc) is 2.47. The first-order valence-corrected chi connectivity index (χ1v) is 8.95. The second kappa shape index (κ2) is 12.9. The van der Waals surface area contributed by atoms with E-state index in [9.17, 15) is 4.79 Å². The van der Waals surface area contributed by atoms with Gasteiger partial charge in [-0.2, -0.15) is 0 Å². The molecule has 0 saturated carbocycles. The van der Waals surface area contributed by atoms with Gasteiger partial charge < -0.3 is 5.11 Å². The van der Waals surface area contributed by atoms with Crippen molar-refractivity contribution in [2.45, 2.75) is 98.3 Å². The van der Waals surface area contributed by atoms with Crippen molar-refractivity contribution in [2.75, 3.05) is 0 Å². The maximum atomic E-state index is 11.1. The predicted molar refractivity (Wildman–Crippen MR) is 91.6 cm³/mol. The SMILES string of the molecule is CCCCCCCCCCC(CCC)C(C)=C(C)C(=O)O. The van der Waals surface area contributed by atoms with E-state index in [0.717, 1.165) is 24.8 Å². The molecule has 0 radical (unpaired) electrons. The van der Waals surface area contributed by atoms with Gasteiger partial charge in [0.2, 0.25) is 0 Å². The first kappa shape index (κ1) is 20.2. The highest BCUT2D eigenvalue weighted by Crippen LogP contribution is 2.26. The minimum absolute atomic E-state index is 0.464. The Morgan fingerprint density at radius 2 is 1.33 bits per heavy atom. The topological polar surface area (TPSA) is 37.3 Å². The van der Waals surface area contributed by atoms with Crippen molar-refractivity contribution in [3.05, 3.63) is 11.1 Å². The van der Waals surface area contributed by atoms with Gasteiger partial charge >= 0.3 is 5.97 Å². The summed E-state index contributed by atoms with van der Waals surface area (Å²) in [6, 6.07) is 0. The minimum atomic E-state index is -0.760. The van der Waals surface area contributed by atoms with Crippen LogP contribution in [0.15, 0.2) is 11.1 Å². The molecule has 0 spiro atoms. The summed E-state index contributed by atoms with van der Waals surface area (Å²) in [4.78, 5) is 11.1. The molecule has 0 aliphatic rings. The molecule has 0 saturated heterocycles. The Hall–Kier alpha value is -0.790. The molecule has 1 atom stereocenters. The molecule has 0 aliphatic heterocycles. The Labute approximate surface area is 132 Å². The molecular weight excluding hydrogens is 260 g/mol. The third kappa shape index (κ3) is 9.71. The molecule has 0 aliphatic carbocycles. The van der Waals surface area contributed by atoms with Crippen LogP contribution in [0.4, 0.5) is 0 Å². The van der Waals surface area contributed by atoms with Crippen molar-refractivity contribution in [1.82, 2.24) is 0 Å². The van der Waals surface area contributed by atoms with Crippen LogP contribution >= 0.6 is 0 Å². The number of hydrogen-bond acceptors (Lipinski definition) is 1. The van der Waals surface area contributed by atoms with Gasteiger partial charge in [0.25, 0.3) is 0 Å². The third-order valence-corrected chi connectivity index (χ3v) is 4.57. The molecule has 1 N–H and O–H groups in total. The molecule has 0 amide bonds. The van der Waals surface area contributed by atoms with Crippen LogP contribution in [0.1, 0.15) is 98.3 Å². The molecule has 1 unspecified atom stereocenters. The summed E-state index contributed by atoms with van der Waals surface area (Å²) in [7, 11) is 0. The molecule has 21 heavy (non-hydrogen) atoms. The van der Waals surface area contributed by atoms with Crippen molar-refractivity contribution >= 4 is 5.97 Å². The number of carboxylic acids is 1. The molecule has 0 aromatic rings. The first-order valence-electron chi connectivity index (χ1n) is 8.95. The standard InChI is InChI=1S/C19H36O2/c1-5-7-8-9-10-11-12-13-15-18(14-6-2)16(3)17(4)19(20)21/h18H,5-15H2,1-4H3,(H,20,21). The van der Waals surface area contributed by atoms with Crippen LogP contribution < -0.4 is 0 Å². The van der Waals surface area contributed by atoms with Crippen LogP contribution in [0, 0.1) is 5.92 Å².